The van der Waals surface area contributed by atoms with Gasteiger partial charge >= 0.3 is 5.97 Å². The molecule has 0 bridgehead atoms. The van der Waals surface area contributed by atoms with Crippen LogP contribution in [0, 0.1) is 13.8 Å². The van der Waals surface area contributed by atoms with Crippen molar-refractivity contribution < 1.29 is 23.1 Å². The zero-order valence-corrected chi connectivity index (χ0v) is 12.9. The van der Waals surface area contributed by atoms with E-state index < -0.39 is 16.0 Å². The Balaban J connectivity index is 2.25. The highest BCUT2D eigenvalue weighted by Gasteiger charge is 2.25. The maximum atomic E-state index is 12.1. The van der Waals surface area contributed by atoms with Gasteiger partial charge in [-0.05, 0) is 49.9 Å². The first kappa shape index (κ1) is 15.8. The molecule has 0 aromatic heterocycles. The smallest absolute Gasteiger partial charge is 0.337 e. The first-order valence-electron chi connectivity index (χ1n) is 6.75. The molecule has 0 radical (unpaired) electrons. The molecule has 0 amide bonds. The van der Waals surface area contributed by atoms with Gasteiger partial charge in [0.05, 0.1) is 23.1 Å². The maximum Gasteiger partial charge on any atom is 0.337 e. The van der Waals surface area contributed by atoms with Crippen LogP contribution in [0.1, 0.15) is 34.3 Å². The van der Waals surface area contributed by atoms with E-state index in [9.17, 15) is 18.3 Å². The van der Waals surface area contributed by atoms with E-state index in [4.69, 9.17) is 4.74 Å². The van der Waals surface area contributed by atoms with Crippen LogP contribution in [-0.4, -0.2) is 38.0 Å². The van der Waals surface area contributed by atoms with Crippen LogP contribution >= 0.6 is 0 Å². The third-order valence-corrected chi connectivity index (χ3v) is 4.90. The molecular weight excluding hydrogens is 294 g/mol. The van der Waals surface area contributed by atoms with E-state index in [0.717, 1.165) is 17.5 Å². The third-order valence-electron chi connectivity index (χ3n) is 3.56. The predicted octanol–water partition coefficient (Wildman–Crippen LogP) is 1.92. The normalized spacial score (nSPS) is 18.7. The Bertz CT molecular complexity index is 648. The summed E-state index contributed by atoms with van der Waals surface area (Å²) in [6.45, 7) is 4.16. The highest BCUT2D eigenvalue weighted by molar-refractivity contribution is 7.92. The molecule has 1 heterocycles. The van der Waals surface area contributed by atoms with E-state index in [-0.39, 0.29) is 23.1 Å². The summed E-state index contributed by atoms with van der Waals surface area (Å²) in [5.74, 6) is -1.31. The lowest BCUT2D eigenvalue weighted by atomic mass is 10.0. The van der Waals surface area contributed by atoms with Crippen LogP contribution in [0.15, 0.2) is 12.1 Å². The number of ether oxygens (including phenoxy) is 1. The van der Waals surface area contributed by atoms with Crippen molar-refractivity contribution >= 4 is 21.7 Å². The number of hydrogen-bond acceptors (Lipinski definition) is 4. The molecule has 1 aliphatic rings. The molecule has 1 atom stereocenters. The monoisotopic (exact) mass is 313 g/mol. The van der Waals surface area contributed by atoms with Crippen LogP contribution in [0.2, 0.25) is 0 Å². The maximum absolute atomic E-state index is 12.1. The number of benzene rings is 1. The first-order valence-corrected chi connectivity index (χ1v) is 8.40. The van der Waals surface area contributed by atoms with Gasteiger partial charge in [-0.2, -0.15) is 0 Å². The molecule has 1 aromatic rings. The van der Waals surface area contributed by atoms with Gasteiger partial charge in [-0.3, -0.25) is 4.72 Å². The van der Waals surface area contributed by atoms with Crippen molar-refractivity contribution in [3.05, 3.63) is 28.8 Å². The number of aryl methyl sites for hydroxylation is 2. The van der Waals surface area contributed by atoms with Gasteiger partial charge in [0.1, 0.15) is 0 Å². The molecule has 6 nitrogen and oxygen atoms in total. The number of anilines is 1. The number of rotatable bonds is 5. The van der Waals surface area contributed by atoms with Crippen molar-refractivity contribution in [2.75, 3.05) is 17.1 Å². The average Bonchev–Trinajstić information content (AvgIpc) is 2.84. The molecule has 1 unspecified atom stereocenters. The molecule has 2 N–H and O–H groups in total. The summed E-state index contributed by atoms with van der Waals surface area (Å²) in [5, 5.41) is 9.20. The second kappa shape index (κ2) is 6.03. The molecule has 116 valence electrons. The van der Waals surface area contributed by atoms with Crippen LogP contribution in [0.4, 0.5) is 5.69 Å². The number of carboxylic acid groups (broad SMARTS) is 1. The minimum Gasteiger partial charge on any atom is -0.478 e. The van der Waals surface area contributed by atoms with Gasteiger partial charge in [0.25, 0.3) is 0 Å². The second-order valence-corrected chi connectivity index (χ2v) is 7.07. The van der Waals surface area contributed by atoms with Crippen LogP contribution in [0.3, 0.4) is 0 Å². The van der Waals surface area contributed by atoms with E-state index in [0.29, 0.717) is 13.0 Å². The molecular formula is C14H19NO5S. The molecule has 1 saturated heterocycles. The minimum absolute atomic E-state index is 0.0472. The molecule has 1 aliphatic heterocycles. The summed E-state index contributed by atoms with van der Waals surface area (Å²) in [6.07, 6.45) is 1.24. The quantitative estimate of drug-likeness (QED) is 0.866. The first-order chi connectivity index (χ1) is 9.78. The summed E-state index contributed by atoms with van der Waals surface area (Å²) in [4.78, 5) is 11.3. The van der Waals surface area contributed by atoms with E-state index >= 15 is 0 Å². The van der Waals surface area contributed by atoms with Gasteiger partial charge in [-0.1, -0.05) is 0 Å². The molecule has 0 saturated carbocycles. The predicted molar refractivity (Wildman–Crippen MR) is 79.3 cm³/mol. The molecule has 1 aromatic carbocycles. The molecule has 2 rings (SSSR count). The number of carbonyl (C=O) groups is 1. The van der Waals surface area contributed by atoms with Crippen molar-refractivity contribution in [1.82, 2.24) is 0 Å². The largest absolute Gasteiger partial charge is 0.478 e. The summed E-state index contributed by atoms with van der Waals surface area (Å²) < 4.78 is 32.0. The zero-order valence-electron chi connectivity index (χ0n) is 12.0. The van der Waals surface area contributed by atoms with Crippen molar-refractivity contribution in [3.8, 4) is 0 Å². The number of nitrogens with one attached hydrogen (secondary N) is 1. The van der Waals surface area contributed by atoms with Gasteiger partial charge in [-0.15, -0.1) is 0 Å². The Hall–Kier alpha value is -1.60. The van der Waals surface area contributed by atoms with Gasteiger partial charge in [-0.25, -0.2) is 13.2 Å². The summed E-state index contributed by atoms with van der Waals surface area (Å²) in [5.41, 5.74) is 1.68. The Morgan fingerprint density at radius 1 is 1.38 bits per heavy atom. The van der Waals surface area contributed by atoms with E-state index in [1.165, 1.54) is 6.07 Å². The molecule has 0 aliphatic carbocycles. The van der Waals surface area contributed by atoms with Gasteiger partial charge < -0.3 is 9.84 Å². The molecule has 1 fully saturated rings. The minimum atomic E-state index is -3.64. The Morgan fingerprint density at radius 2 is 2.05 bits per heavy atom. The summed E-state index contributed by atoms with van der Waals surface area (Å²) in [6, 6.07) is 3.02. The van der Waals surface area contributed by atoms with E-state index in [1.54, 1.807) is 19.9 Å². The van der Waals surface area contributed by atoms with Gasteiger partial charge in [0.2, 0.25) is 10.0 Å². The lowest BCUT2D eigenvalue weighted by Crippen LogP contribution is -2.26. The Morgan fingerprint density at radius 3 is 2.62 bits per heavy atom. The lowest BCUT2D eigenvalue weighted by Gasteiger charge is -2.15. The topological polar surface area (TPSA) is 92.7 Å². The number of hydrogen-bond donors (Lipinski definition) is 2. The fourth-order valence-corrected chi connectivity index (χ4v) is 3.65. The van der Waals surface area contributed by atoms with Crippen LogP contribution in [-0.2, 0) is 14.8 Å². The fraction of sp³-hybridized carbons (Fsp3) is 0.500. The highest BCUT2D eigenvalue weighted by atomic mass is 32.2. The number of sulfonamides is 1. The highest BCUT2D eigenvalue weighted by Crippen LogP contribution is 2.23. The Labute approximate surface area is 124 Å². The number of aromatic carboxylic acids is 1. The van der Waals surface area contributed by atoms with Gasteiger partial charge in [0, 0.05) is 6.61 Å². The van der Waals surface area contributed by atoms with Crippen LogP contribution in [0.5, 0.6) is 0 Å². The lowest BCUT2D eigenvalue weighted by molar-refractivity contribution is 0.0698. The SMILES string of the molecule is Cc1cc(NS(=O)(=O)CC2CCCO2)c(C(=O)O)cc1C. The van der Waals surface area contributed by atoms with Crippen LogP contribution in [0.25, 0.3) is 0 Å². The standard InChI is InChI=1S/C14H19NO5S/c1-9-6-12(14(16)17)13(7-10(9)2)15-21(18,19)8-11-4-3-5-20-11/h6-7,11,15H,3-5,8H2,1-2H3,(H,16,17). The molecule has 7 heteroatoms. The average molecular weight is 313 g/mol. The summed E-state index contributed by atoms with van der Waals surface area (Å²) in [7, 11) is -3.64. The molecule has 21 heavy (non-hydrogen) atoms. The van der Waals surface area contributed by atoms with Gasteiger partial charge in [0.15, 0.2) is 0 Å². The van der Waals surface area contributed by atoms with E-state index in [1.807, 2.05) is 0 Å². The summed E-state index contributed by atoms with van der Waals surface area (Å²) >= 11 is 0. The van der Waals surface area contributed by atoms with Crippen molar-refractivity contribution in [1.29, 1.82) is 0 Å². The zero-order chi connectivity index (χ0) is 15.6. The second-order valence-electron chi connectivity index (χ2n) is 5.31. The van der Waals surface area contributed by atoms with Crippen molar-refractivity contribution in [2.45, 2.75) is 32.8 Å². The van der Waals surface area contributed by atoms with Crippen molar-refractivity contribution in [3.63, 3.8) is 0 Å². The van der Waals surface area contributed by atoms with E-state index in [2.05, 4.69) is 4.72 Å². The number of carboxylic acids is 1. The van der Waals surface area contributed by atoms with Crippen molar-refractivity contribution in [2.24, 2.45) is 0 Å². The Kier molecular flexibility index (Phi) is 4.53. The van der Waals surface area contributed by atoms with Crippen LogP contribution < -0.4 is 4.72 Å². The molecule has 0 spiro atoms. The third kappa shape index (κ3) is 3.95. The fourth-order valence-electron chi connectivity index (χ4n) is 2.31.